The van der Waals surface area contributed by atoms with Crippen molar-refractivity contribution in [1.29, 1.82) is 0 Å². The molecule has 0 aromatic heterocycles. The maximum Gasteiger partial charge on any atom is 0.207 e. The van der Waals surface area contributed by atoms with Gasteiger partial charge < -0.3 is 4.52 Å². The molecule has 4 nitrogen and oxygen atoms in total. The number of thiol groups is 1. The van der Waals surface area contributed by atoms with Crippen LogP contribution in [0.2, 0.25) is 0 Å². The summed E-state index contributed by atoms with van der Waals surface area (Å²) in [6, 6.07) is 0.247. The van der Waals surface area contributed by atoms with Gasteiger partial charge in [0.1, 0.15) is 10.7 Å². The summed E-state index contributed by atoms with van der Waals surface area (Å²) in [6.45, 7) is 0.950. The molecule has 0 N–H and O–H groups in total. The fourth-order valence-electron chi connectivity index (χ4n) is 1.89. The second-order valence-electron chi connectivity index (χ2n) is 3.26. The smallest absolute Gasteiger partial charge is 0.207 e. The van der Waals surface area contributed by atoms with Crippen molar-refractivity contribution in [3.63, 3.8) is 0 Å². The maximum atomic E-state index is 10.6. The van der Waals surface area contributed by atoms with Crippen LogP contribution in [-0.2, 0) is 15.2 Å². The van der Waals surface area contributed by atoms with Crippen LogP contribution in [0.5, 0.6) is 0 Å². The van der Waals surface area contributed by atoms with Crippen molar-refractivity contribution in [1.82, 2.24) is 4.67 Å². The molecule has 3 atom stereocenters. The Balaban J connectivity index is 2.05. The van der Waals surface area contributed by atoms with Crippen LogP contribution < -0.4 is 0 Å². The van der Waals surface area contributed by atoms with Gasteiger partial charge in [0.25, 0.3) is 0 Å². The molecule has 0 spiro atoms. The fraction of sp³-hybridized carbons (Fsp3) is 1.00. The SMILES string of the molecule is O=[SH](=O)C[C@H]1OP(Cl)N2CCC[C@@H]12. The summed E-state index contributed by atoms with van der Waals surface area (Å²) in [7, 11) is -3.39. The molecule has 2 heterocycles. The molecule has 0 bridgehead atoms. The minimum atomic E-state index is -2.35. The third-order valence-corrected chi connectivity index (χ3v) is 5.28. The normalized spacial score (nSPS) is 40.0. The van der Waals surface area contributed by atoms with Crippen LogP contribution >= 0.6 is 18.9 Å². The van der Waals surface area contributed by atoms with Gasteiger partial charge in [-0.3, -0.25) is 0 Å². The Bertz CT molecular complexity index is 267. The van der Waals surface area contributed by atoms with Gasteiger partial charge in [-0.05, 0) is 24.1 Å². The molecular formula is C6H11ClNO3PS. The average Bonchev–Trinajstić information content (AvgIpc) is 2.56. The molecule has 0 aliphatic carbocycles. The standard InChI is InChI=1S/C6H11ClNO3PS/c7-12-8-3-1-2-5(8)6(11-12)4-13(9)10/h5-6,13H,1-4H2/t5-,6+,12?/m0/s1. The van der Waals surface area contributed by atoms with Crippen LogP contribution in [0.3, 0.4) is 0 Å². The number of hydrogen-bond acceptors (Lipinski definition) is 4. The number of halogens is 1. The zero-order valence-corrected chi connectivity index (χ0v) is 9.47. The van der Waals surface area contributed by atoms with E-state index in [0.29, 0.717) is 0 Å². The van der Waals surface area contributed by atoms with E-state index in [-0.39, 0.29) is 17.9 Å². The second-order valence-corrected chi connectivity index (χ2v) is 6.33. The lowest BCUT2D eigenvalue weighted by Gasteiger charge is -2.14. The van der Waals surface area contributed by atoms with Gasteiger partial charge in [-0.15, -0.1) is 0 Å². The summed E-state index contributed by atoms with van der Waals surface area (Å²) >= 11 is 5.96. The van der Waals surface area contributed by atoms with E-state index >= 15 is 0 Å². The van der Waals surface area contributed by atoms with Crippen molar-refractivity contribution in [2.24, 2.45) is 0 Å². The molecule has 2 aliphatic rings. The Morgan fingerprint density at radius 1 is 1.62 bits per heavy atom. The first-order valence-electron chi connectivity index (χ1n) is 4.19. The van der Waals surface area contributed by atoms with E-state index in [2.05, 4.69) is 4.67 Å². The highest BCUT2D eigenvalue weighted by molar-refractivity contribution is 7.78. The zero-order valence-electron chi connectivity index (χ0n) is 6.93. The molecule has 1 unspecified atom stereocenters. The first-order valence-corrected chi connectivity index (χ1v) is 7.67. The average molecular weight is 244 g/mol. The van der Waals surface area contributed by atoms with E-state index in [1.807, 2.05) is 0 Å². The molecule has 76 valence electrons. The van der Waals surface area contributed by atoms with E-state index in [4.69, 9.17) is 15.8 Å². The Morgan fingerprint density at radius 2 is 2.38 bits per heavy atom. The lowest BCUT2D eigenvalue weighted by atomic mass is 10.1. The molecule has 0 aromatic rings. The monoisotopic (exact) mass is 243 g/mol. The number of rotatable bonds is 2. The van der Waals surface area contributed by atoms with Crippen molar-refractivity contribution in [3.05, 3.63) is 0 Å². The van der Waals surface area contributed by atoms with Crippen molar-refractivity contribution >= 4 is 29.6 Å². The van der Waals surface area contributed by atoms with Crippen LogP contribution in [0.25, 0.3) is 0 Å². The van der Waals surface area contributed by atoms with E-state index < -0.39 is 18.4 Å². The molecular weight excluding hydrogens is 233 g/mol. The first kappa shape index (κ1) is 10.1. The molecule has 0 radical (unpaired) electrons. The molecule has 2 saturated heterocycles. The van der Waals surface area contributed by atoms with Crippen molar-refractivity contribution < 1.29 is 12.9 Å². The predicted molar refractivity (Wildman–Crippen MR) is 52.6 cm³/mol. The van der Waals surface area contributed by atoms with Crippen LogP contribution in [0.1, 0.15) is 12.8 Å². The molecule has 2 fully saturated rings. The van der Waals surface area contributed by atoms with Gasteiger partial charge in [-0.2, -0.15) is 0 Å². The van der Waals surface area contributed by atoms with Gasteiger partial charge in [0.05, 0.1) is 11.9 Å². The molecule has 2 aliphatic heterocycles. The van der Waals surface area contributed by atoms with Crippen molar-refractivity contribution in [3.8, 4) is 0 Å². The van der Waals surface area contributed by atoms with Crippen molar-refractivity contribution in [2.75, 3.05) is 12.3 Å². The quantitative estimate of drug-likeness (QED) is 0.579. The fourth-order valence-corrected chi connectivity index (χ4v) is 4.85. The summed E-state index contributed by atoms with van der Waals surface area (Å²) in [6.07, 6.45) is 1.93. The first-order chi connectivity index (χ1) is 6.18. The van der Waals surface area contributed by atoms with Crippen LogP contribution in [0, 0.1) is 0 Å². The molecule has 0 amide bonds. The molecule has 0 aromatic carbocycles. The Hall–Kier alpha value is 0.590. The minimum Gasteiger partial charge on any atom is -0.325 e. The Kier molecular flexibility index (Phi) is 3.11. The van der Waals surface area contributed by atoms with Crippen LogP contribution in [0.15, 0.2) is 0 Å². The summed E-state index contributed by atoms with van der Waals surface area (Å²) < 4.78 is 28.6. The van der Waals surface area contributed by atoms with E-state index in [1.54, 1.807) is 0 Å². The Labute approximate surface area is 84.8 Å². The highest BCUT2D eigenvalue weighted by Gasteiger charge is 2.44. The van der Waals surface area contributed by atoms with E-state index in [9.17, 15) is 8.42 Å². The summed E-state index contributed by atoms with van der Waals surface area (Å²) in [5, 5.41) is 0. The van der Waals surface area contributed by atoms with Gasteiger partial charge >= 0.3 is 0 Å². The molecule has 2 rings (SSSR count). The molecule has 0 saturated carbocycles. The van der Waals surface area contributed by atoms with Crippen molar-refractivity contribution in [2.45, 2.75) is 25.0 Å². The molecule has 13 heavy (non-hydrogen) atoms. The second kappa shape index (κ2) is 3.99. The van der Waals surface area contributed by atoms with Gasteiger partial charge in [-0.25, -0.2) is 13.1 Å². The lowest BCUT2D eigenvalue weighted by molar-refractivity contribution is 0.236. The highest BCUT2D eigenvalue weighted by Crippen LogP contribution is 2.58. The van der Waals surface area contributed by atoms with E-state index in [0.717, 1.165) is 19.4 Å². The summed E-state index contributed by atoms with van der Waals surface area (Å²) in [5.74, 6) is 0.113. The van der Waals surface area contributed by atoms with Gasteiger partial charge in [0, 0.05) is 12.6 Å². The summed E-state index contributed by atoms with van der Waals surface area (Å²) in [4.78, 5) is 0. The topological polar surface area (TPSA) is 46.6 Å². The minimum absolute atomic E-state index is 0.113. The maximum absolute atomic E-state index is 10.6. The largest absolute Gasteiger partial charge is 0.325 e. The Morgan fingerprint density at radius 3 is 3.08 bits per heavy atom. The molecule has 7 heteroatoms. The van der Waals surface area contributed by atoms with Crippen LogP contribution in [0.4, 0.5) is 0 Å². The third kappa shape index (κ3) is 2.00. The number of hydrogen-bond donors (Lipinski definition) is 1. The van der Waals surface area contributed by atoms with Gasteiger partial charge in [0.15, 0.2) is 0 Å². The third-order valence-electron chi connectivity index (χ3n) is 2.45. The summed E-state index contributed by atoms with van der Waals surface area (Å²) in [5.41, 5.74) is 0. The lowest BCUT2D eigenvalue weighted by Crippen LogP contribution is -2.30. The predicted octanol–water partition coefficient (Wildman–Crippen LogP) is 0.927. The highest BCUT2D eigenvalue weighted by atomic mass is 35.7. The van der Waals surface area contributed by atoms with Crippen LogP contribution in [-0.4, -0.2) is 37.5 Å². The van der Waals surface area contributed by atoms with Gasteiger partial charge in [0.2, 0.25) is 7.65 Å². The van der Waals surface area contributed by atoms with E-state index in [1.165, 1.54) is 0 Å². The number of nitrogens with zero attached hydrogens (tertiary/aromatic N) is 1. The zero-order chi connectivity index (χ0) is 9.42. The number of fused-ring (bicyclic) bond motifs is 1. The van der Waals surface area contributed by atoms with Gasteiger partial charge in [-0.1, -0.05) is 0 Å².